The van der Waals surface area contributed by atoms with Crippen molar-refractivity contribution < 1.29 is 4.74 Å². The fourth-order valence-electron chi connectivity index (χ4n) is 4.45. The largest absolute Gasteiger partial charge is 0.376 e. The average molecular weight is 237 g/mol. The number of hydrogen-bond acceptors (Lipinski definition) is 2. The second-order valence-corrected chi connectivity index (χ2v) is 6.49. The standard InChI is InChI=1S/C15H27NO/c1-16-14-4-2-3-5-15(14)17-10-13-9-11-6-7-12(13)8-11/h11-16H,2-10H2,1H3. The summed E-state index contributed by atoms with van der Waals surface area (Å²) in [7, 11) is 2.09. The first-order valence-electron chi connectivity index (χ1n) is 7.65. The summed E-state index contributed by atoms with van der Waals surface area (Å²) in [6, 6.07) is 0.613. The lowest BCUT2D eigenvalue weighted by Crippen LogP contribution is -2.42. The summed E-state index contributed by atoms with van der Waals surface area (Å²) >= 11 is 0. The lowest BCUT2D eigenvalue weighted by Gasteiger charge is -2.33. The average Bonchev–Trinajstić information content (AvgIpc) is 2.98. The Morgan fingerprint density at radius 2 is 1.94 bits per heavy atom. The van der Waals surface area contributed by atoms with Crippen LogP contribution in [0.2, 0.25) is 0 Å². The normalized spacial score (nSPS) is 45.4. The van der Waals surface area contributed by atoms with Gasteiger partial charge in [-0.25, -0.2) is 0 Å². The molecule has 0 saturated heterocycles. The van der Waals surface area contributed by atoms with E-state index >= 15 is 0 Å². The second kappa shape index (κ2) is 5.27. The molecule has 0 aromatic heterocycles. The number of fused-ring (bicyclic) bond motifs is 2. The molecule has 2 heteroatoms. The van der Waals surface area contributed by atoms with Crippen molar-refractivity contribution >= 4 is 0 Å². The first-order chi connectivity index (χ1) is 8.36. The molecule has 3 aliphatic rings. The molecule has 0 radical (unpaired) electrons. The summed E-state index contributed by atoms with van der Waals surface area (Å²) in [4.78, 5) is 0. The summed E-state index contributed by atoms with van der Waals surface area (Å²) in [6.45, 7) is 1.05. The Morgan fingerprint density at radius 3 is 2.65 bits per heavy atom. The Bertz CT molecular complexity index is 255. The molecule has 98 valence electrons. The third kappa shape index (κ3) is 2.53. The molecule has 3 fully saturated rings. The summed E-state index contributed by atoms with van der Waals surface area (Å²) in [5.74, 6) is 2.96. The maximum absolute atomic E-state index is 6.26. The van der Waals surface area contributed by atoms with Gasteiger partial charge >= 0.3 is 0 Å². The van der Waals surface area contributed by atoms with Gasteiger partial charge in [-0.1, -0.05) is 19.3 Å². The minimum atomic E-state index is 0.493. The van der Waals surface area contributed by atoms with Crippen molar-refractivity contribution in [3.63, 3.8) is 0 Å². The van der Waals surface area contributed by atoms with Gasteiger partial charge in [-0.15, -0.1) is 0 Å². The molecule has 0 spiro atoms. The van der Waals surface area contributed by atoms with Crippen LogP contribution in [0.25, 0.3) is 0 Å². The van der Waals surface area contributed by atoms with Gasteiger partial charge < -0.3 is 10.1 Å². The first-order valence-corrected chi connectivity index (χ1v) is 7.65. The zero-order valence-electron chi connectivity index (χ0n) is 11.2. The van der Waals surface area contributed by atoms with Gasteiger partial charge in [0, 0.05) is 6.04 Å². The zero-order chi connectivity index (χ0) is 11.7. The van der Waals surface area contributed by atoms with Gasteiger partial charge in [-0.2, -0.15) is 0 Å². The Morgan fingerprint density at radius 1 is 1.06 bits per heavy atom. The molecule has 5 unspecified atom stereocenters. The van der Waals surface area contributed by atoms with Crippen molar-refractivity contribution in [3.05, 3.63) is 0 Å². The van der Waals surface area contributed by atoms with Crippen LogP contribution < -0.4 is 5.32 Å². The van der Waals surface area contributed by atoms with Crippen molar-refractivity contribution in [2.45, 2.75) is 63.5 Å². The molecule has 3 rings (SSSR count). The lowest BCUT2D eigenvalue weighted by atomic mass is 9.89. The van der Waals surface area contributed by atoms with E-state index in [1.54, 1.807) is 0 Å². The zero-order valence-corrected chi connectivity index (χ0v) is 11.2. The van der Waals surface area contributed by atoms with Crippen LogP contribution in [0, 0.1) is 17.8 Å². The van der Waals surface area contributed by atoms with E-state index in [0.29, 0.717) is 12.1 Å². The van der Waals surface area contributed by atoms with E-state index in [4.69, 9.17) is 4.74 Å². The van der Waals surface area contributed by atoms with Gasteiger partial charge in [-0.3, -0.25) is 0 Å². The fraction of sp³-hybridized carbons (Fsp3) is 1.00. The molecule has 0 amide bonds. The van der Waals surface area contributed by atoms with Crippen LogP contribution in [0.3, 0.4) is 0 Å². The third-order valence-electron chi connectivity index (χ3n) is 5.48. The second-order valence-electron chi connectivity index (χ2n) is 6.49. The molecule has 0 aromatic carbocycles. The Labute approximate surface area is 105 Å². The van der Waals surface area contributed by atoms with Crippen molar-refractivity contribution in [3.8, 4) is 0 Å². The predicted molar refractivity (Wildman–Crippen MR) is 70.0 cm³/mol. The predicted octanol–water partition coefficient (Wildman–Crippen LogP) is 2.97. The lowest BCUT2D eigenvalue weighted by molar-refractivity contribution is -0.0194. The monoisotopic (exact) mass is 237 g/mol. The van der Waals surface area contributed by atoms with E-state index in [-0.39, 0.29) is 0 Å². The highest BCUT2D eigenvalue weighted by Gasteiger charge is 2.40. The molecule has 0 heterocycles. The molecule has 3 saturated carbocycles. The van der Waals surface area contributed by atoms with E-state index in [0.717, 1.165) is 24.4 Å². The van der Waals surface area contributed by atoms with Crippen LogP contribution in [0.1, 0.15) is 51.4 Å². The molecule has 5 atom stereocenters. The molecule has 3 aliphatic carbocycles. The molecule has 2 nitrogen and oxygen atoms in total. The van der Waals surface area contributed by atoms with Crippen LogP contribution in [0.5, 0.6) is 0 Å². The summed E-state index contributed by atoms with van der Waals surface area (Å²) < 4.78 is 6.26. The fourth-order valence-corrected chi connectivity index (χ4v) is 4.45. The quantitative estimate of drug-likeness (QED) is 0.811. The van der Waals surface area contributed by atoms with Crippen molar-refractivity contribution in [2.75, 3.05) is 13.7 Å². The van der Waals surface area contributed by atoms with E-state index in [1.165, 1.54) is 51.4 Å². The maximum Gasteiger partial charge on any atom is 0.0728 e. The van der Waals surface area contributed by atoms with E-state index in [2.05, 4.69) is 12.4 Å². The van der Waals surface area contributed by atoms with Crippen LogP contribution in [0.4, 0.5) is 0 Å². The number of nitrogens with one attached hydrogen (secondary N) is 1. The molecule has 0 aliphatic heterocycles. The Hall–Kier alpha value is -0.0800. The van der Waals surface area contributed by atoms with Gasteiger partial charge in [0.05, 0.1) is 12.7 Å². The highest BCUT2D eigenvalue weighted by molar-refractivity contribution is 4.90. The Kier molecular flexibility index (Phi) is 3.72. The number of hydrogen-bond donors (Lipinski definition) is 1. The Balaban J connectivity index is 1.46. The first kappa shape index (κ1) is 12.0. The summed E-state index contributed by atoms with van der Waals surface area (Å²) in [5.41, 5.74) is 0. The molecular formula is C15H27NO. The van der Waals surface area contributed by atoms with Crippen molar-refractivity contribution in [1.29, 1.82) is 0 Å². The van der Waals surface area contributed by atoms with Gasteiger partial charge in [0.25, 0.3) is 0 Å². The van der Waals surface area contributed by atoms with E-state index in [1.807, 2.05) is 0 Å². The SMILES string of the molecule is CNC1CCCCC1OCC1CC2CCC1C2. The molecule has 2 bridgehead atoms. The van der Waals surface area contributed by atoms with Gasteiger partial charge in [0.1, 0.15) is 0 Å². The highest BCUT2D eigenvalue weighted by atomic mass is 16.5. The van der Waals surface area contributed by atoms with Gasteiger partial charge in [-0.05, 0) is 56.9 Å². The maximum atomic E-state index is 6.26. The molecule has 1 N–H and O–H groups in total. The van der Waals surface area contributed by atoms with Gasteiger partial charge in [0.2, 0.25) is 0 Å². The van der Waals surface area contributed by atoms with Crippen LogP contribution in [-0.2, 0) is 4.74 Å². The molecule has 0 aromatic rings. The van der Waals surface area contributed by atoms with Crippen LogP contribution in [0.15, 0.2) is 0 Å². The molecular weight excluding hydrogens is 210 g/mol. The summed E-state index contributed by atoms with van der Waals surface area (Å²) in [5, 5.41) is 3.44. The summed E-state index contributed by atoms with van der Waals surface area (Å²) in [6.07, 6.45) is 11.8. The van der Waals surface area contributed by atoms with E-state index in [9.17, 15) is 0 Å². The van der Waals surface area contributed by atoms with Crippen molar-refractivity contribution in [2.24, 2.45) is 17.8 Å². The van der Waals surface area contributed by atoms with Crippen molar-refractivity contribution in [1.82, 2.24) is 5.32 Å². The number of ether oxygens (including phenoxy) is 1. The number of likely N-dealkylation sites (N-methyl/N-ethyl adjacent to an activating group) is 1. The van der Waals surface area contributed by atoms with Crippen LogP contribution >= 0.6 is 0 Å². The smallest absolute Gasteiger partial charge is 0.0728 e. The topological polar surface area (TPSA) is 21.3 Å². The van der Waals surface area contributed by atoms with E-state index < -0.39 is 0 Å². The highest BCUT2D eigenvalue weighted by Crippen LogP contribution is 2.48. The number of rotatable bonds is 4. The van der Waals surface area contributed by atoms with Crippen LogP contribution in [-0.4, -0.2) is 25.8 Å². The third-order valence-corrected chi connectivity index (χ3v) is 5.48. The molecule has 17 heavy (non-hydrogen) atoms. The minimum absolute atomic E-state index is 0.493. The van der Waals surface area contributed by atoms with Gasteiger partial charge in [0.15, 0.2) is 0 Å². The minimum Gasteiger partial charge on any atom is -0.376 e.